The first-order valence-corrected chi connectivity index (χ1v) is 6.89. The van der Waals surface area contributed by atoms with Crippen molar-refractivity contribution in [3.63, 3.8) is 0 Å². The minimum Gasteiger partial charge on any atom is -0.322 e. The average Bonchev–Trinajstić information content (AvgIpc) is 2.86. The molecule has 3 rings (SSSR count). The molecule has 0 radical (unpaired) electrons. The summed E-state index contributed by atoms with van der Waals surface area (Å²) in [5, 5.41) is 2.94. The van der Waals surface area contributed by atoms with E-state index in [1.54, 1.807) is 12.1 Å². The Kier molecular flexibility index (Phi) is 3.30. The highest BCUT2D eigenvalue weighted by molar-refractivity contribution is 7.80. The number of thiol groups is 1. The van der Waals surface area contributed by atoms with Gasteiger partial charge in [-0.1, -0.05) is 12.1 Å². The number of hydrogen-bond donors (Lipinski definition) is 2. The van der Waals surface area contributed by atoms with Gasteiger partial charge < -0.3 is 5.32 Å². The molecule has 3 heteroatoms. The monoisotopic (exact) mass is 269 g/mol. The molecule has 0 saturated heterocycles. The van der Waals surface area contributed by atoms with Crippen LogP contribution in [0.3, 0.4) is 0 Å². The van der Waals surface area contributed by atoms with Gasteiger partial charge in [-0.2, -0.15) is 0 Å². The van der Waals surface area contributed by atoms with Gasteiger partial charge in [-0.3, -0.25) is 4.79 Å². The van der Waals surface area contributed by atoms with Gasteiger partial charge in [0.15, 0.2) is 0 Å². The maximum absolute atomic E-state index is 12.1. The van der Waals surface area contributed by atoms with E-state index in [0.717, 1.165) is 23.4 Å². The van der Waals surface area contributed by atoms with E-state index in [9.17, 15) is 4.79 Å². The molecule has 0 aliphatic heterocycles. The van der Waals surface area contributed by atoms with E-state index in [4.69, 9.17) is 0 Å². The summed E-state index contributed by atoms with van der Waals surface area (Å²) in [6, 6.07) is 13.4. The number of carbonyl (C=O) groups excluding carboxylic acids is 1. The van der Waals surface area contributed by atoms with Crippen LogP contribution in [-0.2, 0) is 12.8 Å². The van der Waals surface area contributed by atoms with Crippen LogP contribution in [0.4, 0.5) is 5.69 Å². The van der Waals surface area contributed by atoms with E-state index in [-0.39, 0.29) is 5.91 Å². The summed E-state index contributed by atoms with van der Waals surface area (Å²) in [4.78, 5) is 12.9. The van der Waals surface area contributed by atoms with Gasteiger partial charge in [0, 0.05) is 16.1 Å². The molecule has 0 atom stereocenters. The van der Waals surface area contributed by atoms with Gasteiger partial charge in [-0.25, -0.2) is 0 Å². The van der Waals surface area contributed by atoms with Crippen molar-refractivity contribution < 1.29 is 4.79 Å². The van der Waals surface area contributed by atoms with Crippen LogP contribution in [0.15, 0.2) is 47.4 Å². The van der Waals surface area contributed by atoms with Crippen LogP contribution in [-0.4, -0.2) is 5.91 Å². The molecule has 1 aliphatic carbocycles. The van der Waals surface area contributed by atoms with Crippen LogP contribution in [0.5, 0.6) is 0 Å². The molecule has 0 heterocycles. The molecule has 0 fully saturated rings. The quantitative estimate of drug-likeness (QED) is 0.799. The second-order valence-electron chi connectivity index (χ2n) is 4.84. The number of hydrogen-bond acceptors (Lipinski definition) is 2. The van der Waals surface area contributed by atoms with Crippen LogP contribution >= 0.6 is 12.6 Å². The van der Waals surface area contributed by atoms with E-state index in [0.29, 0.717) is 5.56 Å². The molecule has 0 unspecified atom stereocenters. The molecule has 2 nitrogen and oxygen atoms in total. The van der Waals surface area contributed by atoms with E-state index >= 15 is 0 Å². The summed E-state index contributed by atoms with van der Waals surface area (Å²) in [5.41, 5.74) is 4.28. The Hall–Kier alpha value is -1.74. The number of rotatable bonds is 2. The molecule has 2 aromatic rings. The molecule has 96 valence electrons. The van der Waals surface area contributed by atoms with Crippen molar-refractivity contribution in [3.8, 4) is 0 Å². The molecule has 0 spiro atoms. The molecule has 0 saturated carbocycles. The third-order valence-corrected chi connectivity index (χ3v) is 3.74. The normalized spacial score (nSPS) is 13.1. The number of amides is 1. The molecule has 1 aliphatic rings. The van der Waals surface area contributed by atoms with E-state index in [2.05, 4.69) is 30.1 Å². The van der Waals surface area contributed by atoms with Gasteiger partial charge in [-0.15, -0.1) is 12.6 Å². The number of anilines is 1. The molecular weight excluding hydrogens is 254 g/mol. The van der Waals surface area contributed by atoms with E-state index in [1.165, 1.54) is 17.5 Å². The number of fused-ring (bicyclic) bond motifs is 1. The van der Waals surface area contributed by atoms with Gasteiger partial charge >= 0.3 is 0 Å². The number of aryl methyl sites for hydroxylation is 2. The van der Waals surface area contributed by atoms with Gasteiger partial charge in [-0.05, 0) is 60.7 Å². The highest BCUT2D eigenvalue weighted by Crippen LogP contribution is 2.25. The molecule has 2 aromatic carbocycles. The smallest absolute Gasteiger partial charge is 0.255 e. The second-order valence-corrected chi connectivity index (χ2v) is 5.36. The Morgan fingerprint density at radius 1 is 1.05 bits per heavy atom. The predicted octanol–water partition coefficient (Wildman–Crippen LogP) is 3.72. The summed E-state index contributed by atoms with van der Waals surface area (Å²) < 4.78 is 0. The maximum atomic E-state index is 12.1. The standard InChI is InChI=1S/C16H15NOS/c18-16(13-5-2-6-15(19)10-13)17-14-8-7-11-3-1-4-12(11)9-14/h2,5-10,19H,1,3-4H2,(H,17,18). The fourth-order valence-corrected chi connectivity index (χ4v) is 2.73. The Morgan fingerprint density at radius 3 is 2.74 bits per heavy atom. The highest BCUT2D eigenvalue weighted by atomic mass is 32.1. The highest BCUT2D eigenvalue weighted by Gasteiger charge is 2.12. The summed E-state index contributed by atoms with van der Waals surface area (Å²) in [7, 11) is 0. The summed E-state index contributed by atoms with van der Waals surface area (Å²) in [6.07, 6.45) is 3.49. The average molecular weight is 269 g/mol. The zero-order valence-corrected chi connectivity index (χ0v) is 11.4. The van der Waals surface area contributed by atoms with Crippen LogP contribution in [0.2, 0.25) is 0 Å². The van der Waals surface area contributed by atoms with Crippen molar-refractivity contribution in [1.82, 2.24) is 0 Å². The van der Waals surface area contributed by atoms with Gasteiger partial charge in [0.2, 0.25) is 0 Å². The second kappa shape index (κ2) is 5.10. The van der Waals surface area contributed by atoms with Crippen LogP contribution in [0, 0.1) is 0 Å². The lowest BCUT2D eigenvalue weighted by molar-refractivity contribution is 0.102. The first-order chi connectivity index (χ1) is 9.22. The topological polar surface area (TPSA) is 29.1 Å². The summed E-state index contributed by atoms with van der Waals surface area (Å²) in [5.74, 6) is -0.0890. The molecular formula is C16H15NOS. The predicted molar refractivity (Wildman–Crippen MR) is 80.1 cm³/mol. The SMILES string of the molecule is O=C(Nc1ccc2c(c1)CCC2)c1cccc(S)c1. The molecule has 0 aromatic heterocycles. The molecule has 19 heavy (non-hydrogen) atoms. The van der Waals surface area contributed by atoms with Gasteiger partial charge in [0.05, 0.1) is 0 Å². The first-order valence-electron chi connectivity index (χ1n) is 6.44. The van der Waals surface area contributed by atoms with Crippen LogP contribution in [0.25, 0.3) is 0 Å². The lowest BCUT2D eigenvalue weighted by Crippen LogP contribution is -2.12. The van der Waals surface area contributed by atoms with Crippen LogP contribution < -0.4 is 5.32 Å². The Labute approximate surface area is 118 Å². The minimum atomic E-state index is -0.0890. The molecule has 1 amide bonds. The zero-order chi connectivity index (χ0) is 13.2. The molecule has 0 bridgehead atoms. The van der Waals surface area contributed by atoms with Crippen molar-refractivity contribution >= 4 is 24.2 Å². The number of benzene rings is 2. The summed E-state index contributed by atoms with van der Waals surface area (Å²) in [6.45, 7) is 0. The number of carbonyl (C=O) groups is 1. The lowest BCUT2D eigenvalue weighted by atomic mass is 10.1. The lowest BCUT2D eigenvalue weighted by Gasteiger charge is -2.08. The fraction of sp³-hybridized carbons (Fsp3) is 0.188. The van der Waals surface area contributed by atoms with Crippen molar-refractivity contribution in [2.75, 3.05) is 5.32 Å². The Balaban J connectivity index is 1.80. The first kappa shape index (κ1) is 12.3. The minimum absolute atomic E-state index is 0.0890. The van der Waals surface area contributed by atoms with Gasteiger partial charge in [0.25, 0.3) is 5.91 Å². The van der Waals surface area contributed by atoms with Crippen molar-refractivity contribution in [3.05, 3.63) is 59.2 Å². The van der Waals surface area contributed by atoms with Crippen molar-refractivity contribution in [1.29, 1.82) is 0 Å². The molecule has 1 N–H and O–H groups in total. The number of nitrogens with one attached hydrogen (secondary N) is 1. The van der Waals surface area contributed by atoms with Crippen LogP contribution in [0.1, 0.15) is 27.9 Å². The fourth-order valence-electron chi connectivity index (χ4n) is 2.50. The zero-order valence-electron chi connectivity index (χ0n) is 10.5. The Morgan fingerprint density at radius 2 is 1.89 bits per heavy atom. The van der Waals surface area contributed by atoms with Crippen molar-refractivity contribution in [2.24, 2.45) is 0 Å². The summed E-state index contributed by atoms with van der Waals surface area (Å²) >= 11 is 4.25. The third-order valence-electron chi connectivity index (χ3n) is 3.46. The Bertz CT molecular complexity index is 636. The maximum Gasteiger partial charge on any atom is 0.255 e. The van der Waals surface area contributed by atoms with E-state index < -0.39 is 0 Å². The third kappa shape index (κ3) is 2.66. The van der Waals surface area contributed by atoms with E-state index in [1.807, 2.05) is 18.2 Å². The van der Waals surface area contributed by atoms with Crippen molar-refractivity contribution in [2.45, 2.75) is 24.2 Å². The largest absolute Gasteiger partial charge is 0.322 e. The van der Waals surface area contributed by atoms with Gasteiger partial charge in [0.1, 0.15) is 0 Å².